The molecule has 16 heavy (non-hydrogen) atoms. The number of rotatable bonds is 5. The number of aliphatic hydroxyl groups is 1. The second-order valence-corrected chi connectivity index (χ2v) is 4.75. The van der Waals surface area contributed by atoms with Crippen molar-refractivity contribution in [3.8, 4) is 0 Å². The first kappa shape index (κ1) is 13.0. The summed E-state index contributed by atoms with van der Waals surface area (Å²) in [4.78, 5) is 0. The van der Waals surface area contributed by atoms with Crippen LogP contribution in [0.5, 0.6) is 0 Å². The van der Waals surface area contributed by atoms with E-state index in [-0.39, 0.29) is 0 Å². The van der Waals surface area contributed by atoms with Crippen molar-refractivity contribution in [2.75, 3.05) is 6.61 Å². The van der Waals surface area contributed by atoms with Crippen LogP contribution in [0.4, 0.5) is 8.78 Å². The Hall–Kier alpha value is -1.05. The van der Waals surface area contributed by atoms with E-state index in [1.165, 1.54) is 12.1 Å². The smallest absolute Gasteiger partial charge is 0.350 e. The highest BCUT2D eigenvalue weighted by Crippen LogP contribution is 2.15. The molecule has 1 aromatic carbocycles. The highest BCUT2D eigenvalue weighted by atomic mass is 32.2. The molecule has 90 valence electrons. The fourth-order valence-corrected chi connectivity index (χ4v) is 1.86. The van der Waals surface area contributed by atoms with Crippen LogP contribution in [0.15, 0.2) is 30.3 Å². The van der Waals surface area contributed by atoms with E-state index in [9.17, 15) is 17.2 Å². The van der Waals surface area contributed by atoms with E-state index in [1.54, 1.807) is 22.9 Å². The first-order valence-corrected chi connectivity index (χ1v) is 5.97. The van der Waals surface area contributed by atoms with Crippen LogP contribution in [0, 0.1) is 0 Å². The van der Waals surface area contributed by atoms with Gasteiger partial charge in [0.05, 0.1) is 12.6 Å². The Morgan fingerprint density at radius 1 is 1.25 bits per heavy atom. The Morgan fingerprint density at radius 3 is 2.25 bits per heavy atom. The van der Waals surface area contributed by atoms with Gasteiger partial charge in [0.1, 0.15) is 0 Å². The van der Waals surface area contributed by atoms with Gasteiger partial charge in [-0.2, -0.15) is 8.78 Å². The van der Waals surface area contributed by atoms with Crippen molar-refractivity contribution in [1.29, 1.82) is 0 Å². The average Bonchev–Trinajstić information content (AvgIpc) is 2.27. The highest BCUT2D eigenvalue weighted by Gasteiger charge is 2.27. The Labute approximate surface area is 92.0 Å². The number of hydrogen-bond donors (Lipinski definition) is 2. The third-order valence-electron chi connectivity index (χ3n) is 1.93. The van der Waals surface area contributed by atoms with E-state index in [2.05, 4.69) is 0 Å². The lowest BCUT2D eigenvalue weighted by molar-refractivity contribution is 0.224. The Morgan fingerprint density at radius 2 is 1.81 bits per heavy atom. The van der Waals surface area contributed by atoms with Crippen molar-refractivity contribution < 1.29 is 22.3 Å². The van der Waals surface area contributed by atoms with E-state index in [0.717, 1.165) is 0 Å². The molecular formula is C9H11F2NO3S. The minimum Gasteiger partial charge on any atom is -0.394 e. The molecule has 0 aromatic heterocycles. The van der Waals surface area contributed by atoms with Crippen molar-refractivity contribution in [2.45, 2.75) is 11.8 Å². The van der Waals surface area contributed by atoms with Crippen molar-refractivity contribution >= 4 is 10.0 Å². The molecule has 0 bridgehead atoms. The lowest BCUT2D eigenvalue weighted by Gasteiger charge is -2.16. The van der Waals surface area contributed by atoms with E-state index in [1.807, 2.05) is 0 Å². The van der Waals surface area contributed by atoms with Crippen LogP contribution < -0.4 is 4.72 Å². The summed E-state index contributed by atoms with van der Waals surface area (Å²) in [5, 5.41) is 8.95. The van der Waals surface area contributed by atoms with Gasteiger partial charge in [-0.1, -0.05) is 30.3 Å². The molecule has 0 saturated carbocycles. The fourth-order valence-electron chi connectivity index (χ4n) is 1.15. The minimum atomic E-state index is -4.70. The van der Waals surface area contributed by atoms with Crippen molar-refractivity contribution in [1.82, 2.24) is 4.72 Å². The normalized spacial score (nSPS) is 14.0. The summed E-state index contributed by atoms with van der Waals surface area (Å²) in [6, 6.07) is 6.95. The van der Waals surface area contributed by atoms with Crippen molar-refractivity contribution in [3.63, 3.8) is 0 Å². The molecule has 1 aromatic rings. The lowest BCUT2D eigenvalue weighted by Crippen LogP contribution is -2.34. The molecule has 1 rings (SSSR count). The molecule has 0 radical (unpaired) electrons. The number of aliphatic hydroxyl groups excluding tert-OH is 1. The monoisotopic (exact) mass is 251 g/mol. The van der Waals surface area contributed by atoms with E-state index >= 15 is 0 Å². The van der Waals surface area contributed by atoms with Gasteiger partial charge in [0.2, 0.25) is 0 Å². The molecule has 0 unspecified atom stereocenters. The Balaban J connectivity index is 2.86. The van der Waals surface area contributed by atoms with Crippen LogP contribution in [0.3, 0.4) is 0 Å². The van der Waals surface area contributed by atoms with Crippen LogP contribution in [-0.4, -0.2) is 25.9 Å². The van der Waals surface area contributed by atoms with Crippen LogP contribution >= 0.6 is 0 Å². The molecule has 0 aliphatic carbocycles. The molecule has 0 heterocycles. The third kappa shape index (κ3) is 3.22. The van der Waals surface area contributed by atoms with Gasteiger partial charge in [-0.25, -0.2) is 13.1 Å². The molecule has 0 fully saturated rings. The topological polar surface area (TPSA) is 66.4 Å². The predicted octanol–water partition coefficient (Wildman–Crippen LogP) is 0.862. The van der Waals surface area contributed by atoms with Crippen LogP contribution in [0.25, 0.3) is 0 Å². The predicted molar refractivity (Wildman–Crippen MR) is 54.3 cm³/mol. The van der Waals surface area contributed by atoms with Crippen LogP contribution in [0.1, 0.15) is 11.6 Å². The van der Waals surface area contributed by atoms with Gasteiger partial charge in [-0.15, -0.1) is 0 Å². The van der Waals surface area contributed by atoms with E-state index in [4.69, 9.17) is 5.11 Å². The van der Waals surface area contributed by atoms with Gasteiger partial charge in [0.15, 0.2) is 0 Å². The number of halogens is 2. The van der Waals surface area contributed by atoms with Gasteiger partial charge in [-0.05, 0) is 5.56 Å². The zero-order valence-corrected chi connectivity index (χ0v) is 8.99. The van der Waals surface area contributed by atoms with Gasteiger partial charge in [0, 0.05) is 0 Å². The summed E-state index contributed by atoms with van der Waals surface area (Å²) in [5.41, 5.74) is 0.425. The summed E-state index contributed by atoms with van der Waals surface area (Å²) in [6.45, 7) is -0.587. The summed E-state index contributed by atoms with van der Waals surface area (Å²) in [6.07, 6.45) is 0. The maximum Gasteiger partial charge on any atom is 0.350 e. The number of alkyl halides is 2. The minimum absolute atomic E-state index is 0.425. The molecule has 7 heteroatoms. The van der Waals surface area contributed by atoms with Crippen LogP contribution in [0.2, 0.25) is 0 Å². The first-order valence-electron chi connectivity index (χ1n) is 4.42. The molecule has 2 N–H and O–H groups in total. The number of benzene rings is 1. The maximum atomic E-state index is 12.1. The summed E-state index contributed by atoms with van der Waals surface area (Å²) >= 11 is 0. The maximum absolute atomic E-state index is 12.1. The average molecular weight is 251 g/mol. The number of nitrogens with one attached hydrogen (secondary N) is 1. The van der Waals surface area contributed by atoms with Crippen molar-refractivity contribution in [3.05, 3.63) is 35.9 Å². The zero-order valence-electron chi connectivity index (χ0n) is 8.18. The summed E-state index contributed by atoms with van der Waals surface area (Å²) in [7, 11) is -4.70. The second-order valence-electron chi connectivity index (χ2n) is 3.07. The largest absolute Gasteiger partial charge is 0.394 e. The van der Waals surface area contributed by atoms with Crippen LogP contribution in [-0.2, 0) is 10.0 Å². The number of sulfonamides is 1. The molecule has 0 aliphatic heterocycles. The molecule has 0 amide bonds. The Kier molecular flexibility index (Phi) is 4.34. The van der Waals surface area contributed by atoms with Gasteiger partial charge in [0.25, 0.3) is 10.0 Å². The fraction of sp³-hybridized carbons (Fsp3) is 0.333. The van der Waals surface area contributed by atoms with Gasteiger partial charge < -0.3 is 5.11 Å². The molecular weight excluding hydrogens is 240 g/mol. The third-order valence-corrected chi connectivity index (χ3v) is 3.01. The summed E-state index contributed by atoms with van der Waals surface area (Å²) in [5.74, 6) is -3.51. The summed E-state index contributed by atoms with van der Waals surface area (Å²) < 4.78 is 47.7. The Bertz CT molecular complexity index is 422. The van der Waals surface area contributed by atoms with E-state index < -0.39 is 28.4 Å². The van der Waals surface area contributed by atoms with Gasteiger partial charge in [-0.3, -0.25) is 0 Å². The van der Waals surface area contributed by atoms with E-state index in [0.29, 0.717) is 5.56 Å². The zero-order chi connectivity index (χ0) is 12.2. The molecule has 1 atom stereocenters. The lowest BCUT2D eigenvalue weighted by atomic mass is 10.1. The highest BCUT2D eigenvalue weighted by molar-refractivity contribution is 7.89. The van der Waals surface area contributed by atoms with Gasteiger partial charge >= 0.3 is 5.76 Å². The second kappa shape index (κ2) is 5.33. The SMILES string of the molecule is O=S(=O)(N[C@@H](CO)c1ccccc1)C(F)F. The quantitative estimate of drug-likeness (QED) is 0.815. The molecule has 4 nitrogen and oxygen atoms in total. The number of hydrogen-bond acceptors (Lipinski definition) is 3. The molecule has 0 aliphatic rings. The first-order chi connectivity index (χ1) is 7.47. The molecule has 0 saturated heterocycles. The molecule has 0 spiro atoms. The standard InChI is InChI=1S/C9H11F2NO3S/c10-9(11)16(14,15)12-8(6-13)7-4-2-1-3-5-7/h1-5,8-9,12-13H,6H2/t8-/m0/s1. The van der Waals surface area contributed by atoms with Crippen molar-refractivity contribution in [2.24, 2.45) is 0 Å².